The Morgan fingerprint density at radius 1 is 1.15 bits per heavy atom. The van der Waals surface area contributed by atoms with Gasteiger partial charge in [0.15, 0.2) is 6.61 Å². The molecule has 0 bridgehead atoms. The first-order valence-electron chi connectivity index (χ1n) is 15.8. The maximum Gasteiger partial charge on any atom is 1.00 e. The second kappa shape index (κ2) is 21.4. The summed E-state index contributed by atoms with van der Waals surface area (Å²) in [6.45, 7) is 9.32. The number of fused-ring (bicyclic) bond motifs is 1. The molecule has 0 spiro atoms. The van der Waals surface area contributed by atoms with Crippen LogP contribution in [0.5, 0.6) is 0 Å². The van der Waals surface area contributed by atoms with Crippen molar-refractivity contribution in [2.45, 2.75) is 91.5 Å². The molecular formula is C31H50N2NaO11P. The molecule has 0 radical (unpaired) electrons. The molecule has 256 valence electrons. The summed E-state index contributed by atoms with van der Waals surface area (Å²) in [5.74, 6) is -2.58. The molecule has 0 saturated heterocycles. The Bertz CT molecular complexity index is 1120. The van der Waals surface area contributed by atoms with Crippen LogP contribution < -0.4 is 40.0 Å². The minimum absolute atomic E-state index is 0. The molecule has 13 nitrogen and oxygen atoms in total. The zero-order chi connectivity index (χ0) is 33.6. The predicted molar refractivity (Wildman–Crippen MR) is 165 cm³/mol. The third kappa shape index (κ3) is 14.3. The zero-order valence-electron chi connectivity index (χ0n) is 28.0. The first-order chi connectivity index (χ1) is 21.3. The van der Waals surface area contributed by atoms with Crippen molar-refractivity contribution in [3.63, 3.8) is 0 Å². The largest absolute Gasteiger partial charge is 1.00 e. The zero-order valence-corrected chi connectivity index (χ0v) is 30.9. The van der Waals surface area contributed by atoms with Gasteiger partial charge >= 0.3 is 43.1 Å². The van der Waals surface area contributed by atoms with Crippen LogP contribution in [0.4, 0.5) is 0 Å². The number of carboxylic acid groups (broad SMARTS) is 1. The van der Waals surface area contributed by atoms with E-state index in [0.717, 1.165) is 5.57 Å². The molecule has 2 aliphatic carbocycles. The number of aliphatic hydroxyl groups is 2. The van der Waals surface area contributed by atoms with Gasteiger partial charge in [-0.15, -0.1) is 0 Å². The van der Waals surface area contributed by atoms with Gasteiger partial charge in [-0.25, -0.2) is 0 Å². The molecule has 0 unspecified atom stereocenters. The molecule has 46 heavy (non-hydrogen) atoms. The van der Waals surface area contributed by atoms with Crippen LogP contribution >= 0.6 is 7.60 Å². The molecule has 0 aromatic carbocycles. The topological polar surface area (TPSA) is 193 Å². The van der Waals surface area contributed by atoms with Crippen molar-refractivity contribution in [1.29, 1.82) is 0 Å². The van der Waals surface area contributed by atoms with Gasteiger partial charge in [0.05, 0.1) is 43.2 Å². The van der Waals surface area contributed by atoms with Gasteiger partial charge in [0.25, 0.3) is 5.91 Å². The molecule has 0 fully saturated rings. The quantitative estimate of drug-likeness (QED) is 0.0650. The third-order valence-corrected chi connectivity index (χ3v) is 10.1. The van der Waals surface area contributed by atoms with Crippen LogP contribution in [0.1, 0.15) is 73.1 Å². The number of hydrogen-bond acceptors (Lipinski definition) is 12. The first kappa shape index (κ1) is 42.5. The number of allylic oxidation sites excluding steroid dienone is 3. The van der Waals surface area contributed by atoms with Gasteiger partial charge < -0.3 is 44.1 Å². The van der Waals surface area contributed by atoms with Crippen molar-refractivity contribution in [3.8, 4) is 0 Å². The van der Waals surface area contributed by atoms with E-state index >= 15 is 0 Å². The van der Waals surface area contributed by atoms with Crippen LogP contribution in [0.2, 0.25) is 0 Å². The summed E-state index contributed by atoms with van der Waals surface area (Å²) in [6.07, 6.45) is 4.34. The molecule has 0 aromatic heterocycles. The summed E-state index contributed by atoms with van der Waals surface area (Å²) in [5.41, 5.74) is 1.38. The smallest absolute Gasteiger partial charge is 0.550 e. The third-order valence-electron chi connectivity index (χ3n) is 8.06. The van der Waals surface area contributed by atoms with E-state index in [1.165, 1.54) is 0 Å². The second-order valence-electron chi connectivity index (χ2n) is 11.6. The van der Waals surface area contributed by atoms with Gasteiger partial charge in [-0.05, 0) is 63.0 Å². The van der Waals surface area contributed by atoms with Crippen molar-refractivity contribution in [1.82, 2.24) is 5.32 Å². The Kier molecular flexibility index (Phi) is 19.8. The van der Waals surface area contributed by atoms with E-state index in [1.807, 2.05) is 25.2 Å². The normalized spacial score (nSPS) is 23.7. The Morgan fingerprint density at radius 3 is 2.43 bits per heavy atom. The molecule has 3 N–H and O–H groups in total. The fraction of sp³-hybridized carbons (Fsp3) is 0.742. The number of esters is 1. The average molecular weight is 681 g/mol. The molecule has 7 atom stereocenters. The number of carbonyl (C=O) groups is 3. The summed E-state index contributed by atoms with van der Waals surface area (Å²) < 4.78 is 29.0. The molecule has 0 aromatic rings. The van der Waals surface area contributed by atoms with E-state index in [1.54, 1.807) is 20.8 Å². The Hall–Kier alpha value is -1.57. The molecule has 2 aliphatic rings. The average Bonchev–Trinajstić information content (AvgIpc) is 2.96. The van der Waals surface area contributed by atoms with E-state index in [0.29, 0.717) is 25.0 Å². The maximum absolute atomic E-state index is 12.9. The fourth-order valence-corrected chi connectivity index (χ4v) is 7.08. The Morgan fingerprint density at radius 2 is 1.83 bits per heavy atom. The summed E-state index contributed by atoms with van der Waals surface area (Å²) in [7, 11) is -3.29. The van der Waals surface area contributed by atoms with E-state index in [9.17, 15) is 34.3 Å². The predicted octanol–water partition coefficient (Wildman–Crippen LogP) is -0.496. The Labute approximate surface area is 294 Å². The van der Waals surface area contributed by atoms with Crippen molar-refractivity contribution < 1.29 is 82.4 Å². The van der Waals surface area contributed by atoms with E-state index < -0.39 is 44.2 Å². The van der Waals surface area contributed by atoms with Gasteiger partial charge in [-0.3, -0.25) is 14.2 Å². The van der Waals surface area contributed by atoms with Crippen molar-refractivity contribution >= 4 is 31.2 Å². The van der Waals surface area contributed by atoms with Gasteiger partial charge in [0.2, 0.25) is 0 Å². The number of ether oxygens (including phenoxy) is 1. The van der Waals surface area contributed by atoms with Crippen LogP contribution in [-0.4, -0.2) is 84.6 Å². The molecule has 2 rings (SSSR count). The summed E-state index contributed by atoms with van der Waals surface area (Å²) in [4.78, 5) is 41.3. The van der Waals surface area contributed by atoms with E-state index in [-0.39, 0.29) is 105 Å². The van der Waals surface area contributed by atoms with Crippen molar-refractivity contribution in [2.24, 2.45) is 28.8 Å². The molecule has 0 aliphatic heterocycles. The number of carboxylic acids is 1. The van der Waals surface area contributed by atoms with E-state index in [4.69, 9.17) is 18.6 Å². The summed E-state index contributed by atoms with van der Waals surface area (Å²) in [5, 5.41) is 37.9. The molecule has 15 heteroatoms. The van der Waals surface area contributed by atoms with Crippen molar-refractivity contribution in [3.05, 3.63) is 23.8 Å². The second-order valence-corrected chi connectivity index (χ2v) is 13.8. The van der Waals surface area contributed by atoms with Gasteiger partial charge in [0.1, 0.15) is 6.10 Å². The van der Waals surface area contributed by atoms with Crippen LogP contribution in [0.25, 0.3) is 0 Å². The minimum Gasteiger partial charge on any atom is -0.550 e. The van der Waals surface area contributed by atoms with Crippen LogP contribution in [0.3, 0.4) is 0 Å². The summed E-state index contributed by atoms with van der Waals surface area (Å²) in [6, 6.07) is 0. The van der Waals surface area contributed by atoms with Crippen LogP contribution in [-0.2, 0) is 37.6 Å². The number of aliphatic carboxylic acids is 1. The number of carbonyl (C=O) groups excluding carboxylic acids is 3. The summed E-state index contributed by atoms with van der Waals surface area (Å²) >= 11 is 0. The SMILES string of the molecule is CCOP(=O)(CCNC(=O)CO/N=C1/C=C2C=C[C@H](C)[C@H](CC[C@@H](O)C[C@@H](O)CC(=O)[O-])[C@H]2[C@@H](OC(=O)[C@@H](C)CC)C1)OCC.[Na+]. The number of rotatable bonds is 20. The number of aliphatic hydroxyl groups excluding tert-OH is 2. The van der Waals surface area contributed by atoms with Gasteiger partial charge in [0, 0.05) is 31.3 Å². The van der Waals surface area contributed by atoms with Gasteiger partial charge in [-0.2, -0.15) is 0 Å². The first-order valence-corrected chi connectivity index (χ1v) is 17.5. The number of nitrogens with zero attached hydrogens (tertiary/aromatic N) is 1. The minimum atomic E-state index is -3.29. The molecule has 0 heterocycles. The fourth-order valence-electron chi connectivity index (χ4n) is 5.57. The molecule has 1 amide bonds. The van der Waals surface area contributed by atoms with Gasteiger partial charge in [-0.1, -0.05) is 38.1 Å². The van der Waals surface area contributed by atoms with Crippen LogP contribution in [0.15, 0.2) is 29.0 Å². The molecule has 0 saturated carbocycles. The number of nitrogens with one attached hydrogen (secondary N) is 1. The Balaban J connectivity index is 0.0000106. The number of amides is 1. The monoisotopic (exact) mass is 680 g/mol. The standard InChI is InChI=1S/C31H51N2O11P.Na/c1-6-20(4)31(39)44-27-16-23(33-41-19-28(36)32-13-14-45(40,42-7-2)43-8-3)15-22-10-9-21(5)26(30(22)27)12-11-24(34)17-25(35)18-29(37)38;/h9-10,15,20-21,24-27,30,34-35H,6-8,11-14,16-19H2,1-5H3,(H,32,36)(H,37,38);/q;+1/p-1/b33-23-;/t20-,21-,24+,25+,26-,27-,30-;/m0./s1. The number of hydrogen-bond donors (Lipinski definition) is 3. The molecular weight excluding hydrogens is 630 g/mol. The van der Waals surface area contributed by atoms with E-state index in [2.05, 4.69) is 17.4 Å². The maximum atomic E-state index is 12.9. The van der Waals surface area contributed by atoms with Crippen molar-refractivity contribution in [2.75, 3.05) is 32.5 Å². The van der Waals surface area contributed by atoms with Crippen LogP contribution in [0, 0.1) is 23.7 Å². The number of oxime groups is 1.